The van der Waals surface area contributed by atoms with Crippen molar-refractivity contribution < 1.29 is 0 Å². The third-order valence-corrected chi connectivity index (χ3v) is 4.43. The number of thiol groups is 1. The van der Waals surface area contributed by atoms with Crippen LogP contribution in [0.15, 0.2) is 59.5 Å². The van der Waals surface area contributed by atoms with E-state index in [-0.39, 0.29) is 6.04 Å². The van der Waals surface area contributed by atoms with E-state index in [1.54, 1.807) is 0 Å². The smallest absolute Gasteiger partial charge is 0.0250 e. The van der Waals surface area contributed by atoms with E-state index in [2.05, 4.69) is 60.0 Å². The van der Waals surface area contributed by atoms with Gasteiger partial charge in [-0.25, -0.2) is 0 Å². The van der Waals surface area contributed by atoms with Gasteiger partial charge in [0.2, 0.25) is 0 Å². The highest BCUT2D eigenvalue weighted by atomic mass is 32.1. The summed E-state index contributed by atoms with van der Waals surface area (Å²) >= 11 is 4.57. The molecule has 0 amide bonds. The normalized spacial score (nSPS) is 23.1. The molecule has 2 N–H and O–H groups in total. The van der Waals surface area contributed by atoms with Crippen LogP contribution in [0.3, 0.4) is 0 Å². The van der Waals surface area contributed by atoms with Gasteiger partial charge in [0.1, 0.15) is 0 Å². The molecular formula is C17H20N2S. The molecule has 20 heavy (non-hydrogen) atoms. The molecule has 2 unspecified atom stereocenters. The molecule has 3 heteroatoms. The fourth-order valence-electron chi connectivity index (χ4n) is 3.01. The monoisotopic (exact) mass is 284 g/mol. The van der Waals surface area contributed by atoms with Crippen LogP contribution in [0.25, 0.3) is 0 Å². The van der Waals surface area contributed by atoms with Gasteiger partial charge in [0.05, 0.1) is 0 Å². The molecule has 1 aliphatic rings. The van der Waals surface area contributed by atoms with E-state index in [0.717, 1.165) is 24.5 Å². The van der Waals surface area contributed by atoms with Gasteiger partial charge in [-0.2, -0.15) is 0 Å². The van der Waals surface area contributed by atoms with Gasteiger partial charge in [-0.05, 0) is 17.2 Å². The number of nitrogens with zero attached hydrogens (tertiary/aromatic N) is 1. The summed E-state index contributed by atoms with van der Waals surface area (Å²) in [6.07, 6.45) is 0. The highest BCUT2D eigenvalue weighted by Crippen LogP contribution is 2.31. The zero-order valence-electron chi connectivity index (χ0n) is 11.4. The standard InChI is InChI=1S/C17H20N2S/c18-16-12-19(10-13-6-2-1-3-7-13)11-15(16)14-8-4-5-9-17(14)20/h1-9,15-16,20H,10-12,18H2. The van der Waals surface area contributed by atoms with Crippen LogP contribution in [0.4, 0.5) is 0 Å². The molecule has 2 atom stereocenters. The maximum atomic E-state index is 6.35. The van der Waals surface area contributed by atoms with Crippen molar-refractivity contribution >= 4 is 12.6 Å². The van der Waals surface area contributed by atoms with Crippen molar-refractivity contribution in [1.82, 2.24) is 4.90 Å². The first-order valence-electron chi connectivity index (χ1n) is 7.04. The van der Waals surface area contributed by atoms with Crippen LogP contribution in [-0.2, 0) is 6.54 Å². The molecule has 0 bridgehead atoms. The van der Waals surface area contributed by atoms with E-state index in [0.29, 0.717) is 5.92 Å². The van der Waals surface area contributed by atoms with E-state index in [4.69, 9.17) is 5.73 Å². The molecule has 0 radical (unpaired) electrons. The molecule has 1 fully saturated rings. The quantitative estimate of drug-likeness (QED) is 0.849. The Morgan fingerprint density at radius 3 is 2.45 bits per heavy atom. The van der Waals surface area contributed by atoms with Crippen LogP contribution in [-0.4, -0.2) is 24.0 Å². The average Bonchev–Trinajstić information content (AvgIpc) is 2.81. The fourth-order valence-corrected chi connectivity index (χ4v) is 3.34. The van der Waals surface area contributed by atoms with Gasteiger partial charge in [0.25, 0.3) is 0 Å². The summed E-state index contributed by atoms with van der Waals surface area (Å²) in [4.78, 5) is 3.49. The first kappa shape index (κ1) is 13.7. The minimum atomic E-state index is 0.187. The summed E-state index contributed by atoms with van der Waals surface area (Å²) in [7, 11) is 0. The molecule has 1 heterocycles. The van der Waals surface area contributed by atoms with E-state index < -0.39 is 0 Å². The lowest BCUT2D eigenvalue weighted by Crippen LogP contribution is -2.28. The molecule has 1 saturated heterocycles. The highest BCUT2D eigenvalue weighted by molar-refractivity contribution is 7.80. The van der Waals surface area contributed by atoms with Crippen molar-refractivity contribution in [3.63, 3.8) is 0 Å². The maximum Gasteiger partial charge on any atom is 0.0250 e. The Bertz CT molecular complexity index is 570. The van der Waals surface area contributed by atoms with Gasteiger partial charge in [0, 0.05) is 36.5 Å². The molecule has 2 aromatic rings. The van der Waals surface area contributed by atoms with Crippen LogP contribution in [0, 0.1) is 0 Å². The summed E-state index contributed by atoms with van der Waals surface area (Å²) in [6.45, 7) is 2.93. The Hall–Kier alpha value is -1.29. The number of hydrogen-bond donors (Lipinski definition) is 2. The van der Waals surface area contributed by atoms with Crippen LogP contribution < -0.4 is 5.73 Å². The van der Waals surface area contributed by atoms with E-state index >= 15 is 0 Å². The first-order chi connectivity index (χ1) is 9.74. The fraction of sp³-hybridized carbons (Fsp3) is 0.294. The molecule has 3 rings (SSSR count). The summed E-state index contributed by atoms with van der Waals surface area (Å²) in [5.41, 5.74) is 8.97. The average molecular weight is 284 g/mol. The van der Waals surface area contributed by atoms with Gasteiger partial charge < -0.3 is 5.73 Å². The van der Waals surface area contributed by atoms with Crippen molar-refractivity contribution in [3.8, 4) is 0 Å². The van der Waals surface area contributed by atoms with Gasteiger partial charge in [-0.15, -0.1) is 12.6 Å². The van der Waals surface area contributed by atoms with Crippen molar-refractivity contribution in [2.24, 2.45) is 5.73 Å². The molecule has 0 spiro atoms. The maximum absolute atomic E-state index is 6.35. The number of likely N-dealkylation sites (tertiary alicyclic amines) is 1. The van der Waals surface area contributed by atoms with Crippen LogP contribution in [0.5, 0.6) is 0 Å². The summed E-state index contributed by atoms with van der Waals surface area (Å²) in [5, 5.41) is 0. The molecule has 0 aliphatic carbocycles. The largest absolute Gasteiger partial charge is 0.326 e. The Morgan fingerprint density at radius 2 is 1.70 bits per heavy atom. The van der Waals surface area contributed by atoms with Crippen LogP contribution in [0.1, 0.15) is 17.0 Å². The van der Waals surface area contributed by atoms with Crippen molar-refractivity contribution in [1.29, 1.82) is 0 Å². The Labute approximate surface area is 126 Å². The highest BCUT2D eigenvalue weighted by Gasteiger charge is 2.31. The summed E-state index contributed by atoms with van der Waals surface area (Å²) in [5.74, 6) is 0.382. The molecular weight excluding hydrogens is 264 g/mol. The predicted molar refractivity (Wildman–Crippen MR) is 86.1 cm³/mol. The minimum Gasteiger partial charge on any atom is -0.326 e. The van der Waals surface area contributed by atoms with Gasteiger partial charge in [-0.3, -0.25) is 4.90 Å². The number of benzene rings is 2. The lowest BCUT2D eigenvalue weighted by molar-refractivity contribution is 0.323. The zero-order valence-corrected chi connectivity index (χ0v) is 12.3. The van der Waals surface area contributed by atoms with Gasteiger partial charge >= 0.3 is 0 Å². The molecule has 2 aromatic carbocycles. The van der Waals surface area contributed by atoms with E-state index in [9.17, 15) is 0 Å². The molecule has 1 aliphatic heterocycles. The Kier molecular flexibility index (Phi) is 4.10. The third-order valence-electron chi connectivity index (χ3n) is 4.03. The topological polar surface area (TPSA) is 29.3 Å². The lowest BCUT2D eigenvalue weighted by Gasteiger charge is -2.17. The summed E-state index contributed by atoms with van der Waals surface area (Å²) in [6, 6.07) is 19.1. The van der Waals surface area contributed by atoms with E-state index in [1.165, 1.54) is 11.1 Å². The number of rotatable bonds is 3. The Morgan fingerprint density at radius 1 is 1.00 bits per heavy atom. The lowest BCUT2D eigenvalue weighted by atomic mass is 9.95. The molecule has 2 nitrogen and oxygen atoms in total. The van der Waals surface area contributed by atoms with Crippen molar-refractivity contribution in [2.75, 3.05) is 13.1 Å². The third kappa shape index (κ3) is 2.90. The number of nitrogens with two attached hydrogens (primary N) is 1. The molecule has 104 valence electrons. The van der Waals surface area contributed by atoms with Gasteiger partial charge in [0.15, 0.2) is 0 Å². The van der Waals surface area contributed by atoms with Crippen molar-refractivity contribution in [3.05, 3.63) is 65.7 Å². The SMILES string of the molecule is NC1CN(Cc2ccccc2)CC1c1ccccc1S. The van der Waals surface area contributed by atoms with Gasteiger partial charge in [-0.1, -0.05) is 48.5 Å². The zero-order chi connectivity index (χ0) is 13.9. The number of hydrogen-bond acceptors (Lipinski definition) is 3. The Balaban J connectivity index is 1.73. The van der Waals surface area contributed by atoms with E-state index in [1.807, 2.05) is 12.1 Å². The van der Waals surface area contributed by atoms with Crippen LogP contribution >= 0.6 is 12.6 Å². The second kappa shape index (κ2) is 6.00. The first-order valence-corrected chi connectivity index (χ1v) is 7.48. The second-order valence-electron chi connectivity index (χ2n) is 5.51. The minimum absolute atomic E-state index is 0.187. The van der Waals surface area contributed by atoms with Crippen molar-refractivity contribution in [2.45, 2.75) is 23.4 Å². The van der Waals surface area contributed by atoms with Crippen LogP contribution in [0.2, 0.25) is 0 Å². The molecule has 0 aromatic heterocycles. The molecule has 0 saturated carbocycles. The predicted octanol–water partition coefficient (Wildman–Crippen LogP) is 2.90. The summed E-state index contributed by atoms with van der Waals surface area (Å²) < 4.78 is 0. The second-order valence-corrected chi connectivity index (χ2v) is 5.99.